The van der Waals surface area contributed by atoms with Gasteiger partial charge in [-0.05, 0) is 20.3 Å². The predicted molar refractivity (Wildman–Crippen MR) is 47.1 cm³/mol. The van der Waals surface area contributed by atoms with Gasteiger partial charge in [0, 0.05) is 19.2 Å². The monoisotopic (exact) mass is 211 g/mol. The van der Waals surface area contributed by atoms with Gasteiger partial charge in [0.1, 0.15) is 6.04 Å². The van der Waals surface area contributed by atoms with Crippen LogP contribution in [0.15, 0.2) is 0 Å². The predicted octanol–water partition coefficient (Wildman–Crippen LogP) is 2.05. The van der Waals surface area contributed by atoms with Gasteiger partial charge < -0.3 is 4.74 Å². The van der Waals surface area contributed by atoms with Gasteiger partial charge in [0.05, 0.1) is 6.61 Å². The van der Waals surface area contributed by atoms with E-state index in [2.05, 4.69) is 0 Å². The van der Waals surface area contributed by atoms with Crippen LogP contribution >= 0.6 is 0 Å². The lowest BCUT2D eigenvalue weighted by atomic mass is 10.2. The molecule has 1 saturated heterocycles. The molecule has 0 radical (unpaired) electrons. The zero-order valence-electron chi connectivity index (χ0n) is 8.47. The fraction of sp³-hybridized carbons (Fsp3) is 1.00. The molecular formula is C9H16F3NO. The number of halogens is 3. The van der Waals surface area contributed by atoms with Gasteiger partial charge in [-0.2, -0.15) is 13.2 Å². The maximum atomic E-state index is 12.6. The number of rotatable bonds is 1. The van der Waals surface area contributed by atoms with E-state index >= 15 is 0 Å². The second-order valence-corrected chi connectivity index (χ2v) is 3.82. The number of hydrogen-bond donors (Lipinski definition) is 0. The van der Waals surface area contributed by atoms with Gasteiger partial charge in [0.2, 0.25) is 0 Å². The summed E-state index contributed by atoms with van der Waals surface area (Å²) in [5.74, 6) is 0. The first kappa shape index (κ1) is 11.8. The highest BCUT2D eigenvalue weighted by Gasteiger charge is 2.45. The third-order valence-corrected chi connectivity index (χ3v) is 2.42. The quantitative estimate of drug-likeness (QED) is 0.658. The van der Waals surface area contributed by atoms with Gasteiger partial charge in [0.15, 0.2) is 0 Å². The normalized spacial score (nSPS) is 26.6. The van der Waals surface area contributed by atoms with E-state index in [1.807, 2.05) is 0 Å². The molecule has 1 heterocycles. The van der Waals surface area contributed by atoms with Crippen LogP contribution in [-0.4, -0.2) is 42.9 Å². The molecule has 5 heteroatoms. The Bertz CT molecular complexity index is 181. The zero-order chi connectivity index (χ0) is 10.8. The van der Waals surface area contributed by atoms with Crippen molar-refractivity contribution in [3.05, 3.63) is 0 Å². The van der Waals surface area contributed by atoms with Crippen molar-refractivity contribution in [1.82, 2.24) is 4.90 Å². The minimum Gasteiger partial charge on any atom is -0.379 e. The summed E-state index contributed by atoms with van der Waals surface area (Å²) < 4.78 is 42.8. The number of nitrogens with zero attached hydrogens (tertiary/aromatic N) is 1. The molecule has 0 aromatic carbocycles. The summed E-state index contributed by atoms with van der Waals surface area (Å²) in [5.41, 5.74) is 0. The first-order valence-corrected chi connectivity index (χ1v) is 4.83. The van der Waals surface area contributed by atoms with Gasteiger partial charge in [-0.25, -0.2) is 0 Å². The fourth-order valence-electron chi connectivity index (χ4n) is 1.70. The lowest BCUT2D eigenvalue weighted by molar-refractivity contribution is -0.195. The summed E-state index contributed by atoms with van der Waals surface area (Å²) in [6.45, 7) is 4.22. The number of ether oxygens (including phenoxy) is 1. The van der Waals surface area contributed by atoms with Crippen LogP contribution in [-0.2, 0) is 4.74 Å². The summed E-state index contributed by atoms with van der Waals surface area (Å²) >= 11 is 0. The average molecular weight is 211 g/mol. The highest BCUT2D eigenvalue weighted by molar-refractivity contribution is 4.82. The molecule has 0 N–H and O–H groups in total. The molecule has 1 fully saturated rings. The zero-order valence-corrected chi connectivity index (χ0v) is 8.47. The van der Waals surface area contributed by atoms with E-state index in [1.54, 1.807) is 13.8 Å². The summed E-state index contributed by atoms with van der Waals surface area (Å²) in [4.78, 5) is 1.47. The minimum atomic E-state index is -4.19. The molecule has 0 bridgehead atoms. The van der Waals surface area contributed by atoms with Crippen LogP contribution in [0, 0.1) is 0 Å². The van der Waals surface area contributed by atoms with Gasteiger partial charge in [-0.15, -0.1) is 0 Å². The highest BCUT2D eigenvalue weighted by atomic mass is 19.4. The topological polar surface area (TPSA) is 12.5 Å². The molecule has 0 unspecified atom stereocenters. The molecule has 0 spiro atoms. The van der Waals surface area contributed by atoms with Gasteiger partial charge in [-0.3, -0.25) is 4.90 Å². The molecule has 14 heavy (non-hydrogen) atoms. The smallest absolute Gasteiger partial charge is 0.379 e. The van der Waals surface area contributed by atoms with Crippen molar-refractivity contribution in [1.29, 1.82) is 0 Å². The maximum absolute atomic E-state index is 12.6. The van der Waals surface area contributed by atoms with E-state index in [0.29, 0.717) is 19.6 Å². The molecule has 0 aromatic rings. The Labute approximate surface area is 82.0 Å². The van der Waals surface area contributed by atoms with Crippen LogP contribution in [0.4, 0.5) is 13.2 Å². The number of alkyl halides is 3. The van der Waals surface area contributed by atoms with Crippen LogP contribution in [0.25, 0.3) is 0 Å². The molecule has 0 aliphatic carbocycles. The largest absolute Gasteiger partial charge is 0.406 e. The molecule has 0 amide bonds. The van der Waals surface area contributed by atoms with Crippen molar-refractivity contribution in [2.75, 3.05) is 19.8 Å². The Morgan fingerprint density at radius 2 is 2.00 bits per heavy atom. The molecule has 1 aliphatic heterocycles. The molecule has 1 aliphatic rings. The van der Waals surface area contributed by atoms with Crippen molar-refractivity contribution in [3.8, 4) is 0 Å². The second-order valence-electron chi connectivity index (χ2n) is 3.82. The Morgan fingerprint density at radius 1 is 1.36 bits per heavy atom. The maximum Gasteiger partial charge on any atom is 0.406 e. The first-order valence-electron chi connectivity index (χ1n) is 4.83. The molecule has 84 valence electrons. The van der Waals surface area contributed by atoms with E-state index in [9.17, 15) is 13.2 Å². The minimum absolute atomic E-state index is 0.0941. The Morgan fingerprint density at radius 3 is 2.50 bits per heavy atom. The standard InChI is InChI=1S/C9H16F3NO/c1-7(2)13-4-3-5-14-6-8(13)9(10,11)12/h7-8H,3-6H2,1-2H3/t8-/m0/s1. The first-order chi connectivity index (χ1) is 6.43. The van der Waals surface area contributed by atoms with E-state index in [-0.39, 0.29) is 12.6 Å². The molecule has 0 aromatic heterocycles. The summed E-state index contributed by atoms with van der Waals surface area (Å²) in [6.07, 6.45) is -3.51. The van der Waals surface area contributed by atoms with Crippen LogP contribution in [0.3, 0.4) is 0 Å². The van der Waals surface area contributed by atoms with E-state index < -0.39 is 12.2 Å². The fourth-order valence-corrected chi connectivity index (χ4v) is 1.70. The summed E-state index contributed by atoms with van der Waals surface area (Å²) in [5, 5.41) is 0. The Kier molecular flexibility index (Phi) is 3.78. The van der Waals surface area contributed by atoms with Crippen molar-refractivity contribution >= 4 is 0 Å². The van der Waals surface area contributed by atoms with E-state index in [1.165, 1.54) is 4.90 Å². The molecule has 2 nitrogen and oxygen atoms in total. The van der Waals surface area contributed by atoms with Crippen molar-refractivity contribution in [2.24, 2.45) is 0 Å². The van der Waals surface area contributed by atoms with E-state index in [4.69, 9.17) is 4.74 Å². The third kappa shape index (κ3) is 2.85. The Hall–Kier alpha value is -0.290. The van der Waals surface area contributed by atoms with Crippen LogP contribution < -0.4 is 0 Å². The van der Waals surface area contributed by atoms with Crippen LogP contribution in [0.2, 0.25) is 0 Å². The van der Waals surface area contributed by atoms with Gasteiger partial charge in [-0.1, -0.05) is 0 Å². The molecule has 1 atom stereocenters. The number of hydrogen-bond acceptors (Lipinski definition) is 2. The summed E-state index contributed by atoms with van der Waals surface area (Å²) in [6, 6.07) is -1.53. The third-order valence-electron chi connectivity index (χ3n) is 2.42. The molecule has 0 saturated carbocycles. The van der Waals surface area contributed by atoms with Gasteiger partial charge >= 0.3 is 6.18 Å². The highest BCUT2D eigenvalue weighted by Crippen LogP contribution is 2.28. The van der Waals surface area contributed by atoms with Gasteiger partial charge in [0.25, 0.3) is 0 Å². The average Bonchev–Trinajstić information content (AvgIpc) is 2.26. The second kappa shape index (κ2) is 4.49. The lowest BCUT2D eigenvalue weighted by Crippen LogP contribution is -2.50. The van der Waals surface area contributed by atoms with Crippen LogP contribution in [0.5, 0.6) is 0 Å². The molecule has 1 rings (SSSR count). The summed E-state index contributed by atoms with van der Waals surface area (Å²) in [7, 11) is 0. The molecular weight excluding hydrogens is 195 g/mol. The van der Waals surface area contributed by atoms with Crippen molar-refractivity contribution in [3.63, 3.8) is 0 Å². The van der Waals surface area contributed by atoms with Crippen molar-refractivity contribution in [2.45, 2.75) is 38.5 Å². The Balaban J connectivity index is 2.74. The van der Waals surface area contributed by atoms with Crippen LogP contribution in [0.1, 0.15) is 20.3 Å². The van der Waals surface area contributed by atoms with Crippen molar-refractivity contribution < 1.29 is 17.9 Å². The van der Waals surface area contributed by atoms with E-state index in [0.717, 1.165) is 0 Å². The SMILES string of the molecule is CC(C)N1CCCOC[C@H]1C(F)(F)F. The lowest BCUT2D eigenvalue weighted by Gasteiger charge is -2.33.